The number of anilines is 1. The van der Waals surface area contributed by atoms with Gasteiger partial charge in [-0.2, -0.15) is 4.98 Å². The summed E-state index contributed by atoms with van der Waals surface area (Å²) in [6.07, 6.45) is 9.24. The fourth-order valence-corrected chi connectivity index (χ4v) is 3.23. The number of nitrogens with one attached hydrogen (secondary N) is 2. The summed E-state index contributed by atoms with van der Waals surface area (Å²) >= 11 is 0. The number of nitrogens with zero attached hydrogens (tertiary/aromatic N) is 3. The van der Waals surface area contributed by atoms with Gasteiger partial charge < -0.3 is 14.6 Å². The molecule has 2 heterocycles. The van der Waals surface area contributed by atoms with Crippen LogP contribution in [0.2, 0.25) is 0 Å². The number of methoxy groups -OCH3 is 1. The van der Waals surface area contributed by atoms with Crippen LogP contribution in [0.5, 0.6) is 0 Å². The molecule has 8 heteroatoms. The topological polar surface area (TPSA) is 93.9 Å². The largest absolute Gasteiger partial charge is 0.385 e. The zero-order chi connectivity index (χ0) is 19.6. The van der Waals surface area contributed by atoms with Crippen molar-refractivity contribution in [1.82, 2.24) is 19.1 Å². The second-order valence-corrected chi connectivity index (χ2v) is 6.97. The molecule has 2 aromatic rings. The minimum atomic E-state index is -0.445. The average molecular weight is 380 g/mol. The molecule has 27 heavy (non-hydrogen) atoms. The molecule has 2 aromatic heterocycles. The van der Waals surface area contributed by atoms with Crippen molar-refractivity contribution in [3.8, 4) is 0 Å². The number of ether oxygens (including phenoxy) is 1. The molecular formula is C19H33N5O3. The van der Waals surface area contributed by atoms with E-state index in [1.165, 1.54) is 36.7 Å². The Morgan fingerprint density at radius 3 is 2.48 bits per heavy atom. The quantitative estimate of drug-likeness (QED) is 0.522. The maximum atomic E-state index is 12.4. The molecule has 0 aliphatic rings. The van der Waals surface area contributed by atoms with Crippen molar-refractivity contribution in [2.45, 2.75) is 64.8 Å². The number of aromatic nitrogens is 4. The van der Waals surface area contributed by atoms with Gasteiger partial charge in [0.1, 0.15) is 0 Å². The molecule has 2 N–H and O–H groups in total. The van der Waals surface area contributed by atoms with E-state index in [1.54, 1.807) is 14.2 Å². The lowest BCUT2D eigenvalue weighted by Gasteiger charge is -2.10. The molecule has 0 radical (unpaired) electrons. The van der Waals surface area contributed by atoms with Crippen LogP contribution in [0.4, 0.5) is 5.95 Å². The summed E-state index contributed by atoms with van der Waals surface area (Å²) in [4.78, 5) is 31.2. The van der Waals surface area contributed by atoms with E-state index < -0.39 is 5.69 Å². The van der Waals surface area contributed by atoms with Crippen LogP contribution in [0.3, 0.4) is 0 Å². The zero-order valence-corrected chi connectivity index (χ0v) is 16.8. The zero-order valence-electron chi connectivity index (χ0n) is 16.8. The molecule has 0 aliphatic carbocycles. The Bertz CT molecular complexity index is 821. The normalized spacial score (nSPS) is 11.4. The summed E-state index contributed by atoms with van der Waals surface area (Å²) in [5, 5.41) is 3.28. The van der Waals surface area contributed by atoms with Gasteiger partial charge in [-0.15, -0.1) is 0 Å². The maximum Gasteiger partial charge on any atom is 0.329 e. The highest BCUT2D eigenvalue weighted by molar-refractivity contribution is 5.74. The van der Waals surface area contributed by atoms with Crippen LogP contribution in [-0.2, 0) is 18.3 Å². The molecule has 0 spiro atoms. The number of aryl methyl sites for hydroxylation is 2. The third-order valence-corrected chi connectivity index (χ3v) is 4.80. The molecule has 0 unspecified atom stereocenters. The van der Waals surface area contributed by atoms with E-state index in [4.69, 9.17) is 4.74 Å². The van der Waals surface area contributed by atoms with E-state index in [0.717, 1.165) is 19.3 Å². The standard InChI is InChI=1S/C19H33N5O3/c1-4-5-6-7-8-9-10-13-24-15-16(23(2)19(26)22-17(15)25)21-18(24)20-12-11-14-27-3/h4-14H2,1-3H3,(H,20,21)(H,22,25,26). The lowest BCUT2D eigenvalue weighted by atomic mass is 10.1. The van der Waals surface area contributed by atoms with Gasteiger partial charge in [-0.05, 0) is 12.8 Å². The summed E-state index contributed by atoms with van der Waals surface area (Å²) in [7, 11) is 3.30. The van der Waals surface area contributed by atoms with Crippen molar-refractivity contribution in [3.05, 3.63) is 20.8 Å². The van der Waals surface area contributed by atoms with Gasteiger partial charge in [-0.3, -0.25) is 14.3 Å². The monoisotopic (exact) mass is 379 g/mol. The average Bonchev–Trinajstić information content (AvgIpc) is 3.02. The Labute approximate surface area is 159 Å². The van der Waals surface area contributed by atoms with E-state index in [9.17, 15) is 9.59 Å². The number of fused-ring (bicyclic) bond motifs is 1. The van der Waals surface area contributed by atoms with Gasteiger partial charge in [0.15, 0.2) is 11.2 Å². The van der Waals surface area contributed by atoms with Crippen LogP contribution in [-0.4, -0.2) is 39.4 Å². The minimum absolute atomic E-state index is 0.381. The summed E-state index contributed by atoms with van der Waals surface area (Å²) in [6.45, 7) is 4.28. The second-order valence-electron chi connectivity index (χ2n) is 6.97. The number of rotatable bonds is 13. The molecule has 0 saturated heterocycles. The number of aromatic amines is 1. The van der Waals surface area contributed by atoms with Crippen molar-refractivity contribution in [2.75, 3.05) is 25.6 Å². The molecule has 0 aromatic carbocycles. The maximum absolute atomic E-state index is 12.4. The van der Waals surface area contributed by atoms with Gasteiger partial charge >= 0.3 is 5.69 Å². The lowest BCUT2D eigenvalue weighted by molar-refractivity contribution is 0.197. The molecule has 0 atom stereocenters. The molecule has 152 valence electrons. The number of hydrogen-bond acceptors (Lipinski definition) is 5. The van der Waals surface area contributed by atoms with Crippen LogP contribution in [0.15, 0.2) is 9.59 Å². The van der Waals surface area contributed by atoms with Gasteiger partial charge in [-0.1, -0.05) is 45.4 Å². The summed E-state index contributed by atoms with van der Waals surface area (Å²) in [5.74, 6) is 0.638. The Kier molecular flexibility index (Phi) is 8.57. The smallest absolute Gasteiger partial charge is 0.329 e. The number of unbranched alkanes of at least 4 members (excludes halogenated alkanes) is 6. The van der Waals surface area contributed by atoms with Crippen molar-refractivity contribution < 1.29 is 4.74 Å². The summed E-state index contributed by atoms with van der Waals surface area (Å²) in [5.41, 5.74) is 0.0470. The third kappa shape index (κ3) is 5.69. The Morgan fingerprint density at radius 1 is 1.07 bits per heavy atom. The number of hydrogen-bond donors (Lipinski definition) is 2. The van der Waals surface area contributed by atoms with E-state index in [1.807, 2.05) is 4.57 Å². The highest BCUT2D eigenvalue weighted by atomic mass is 16.5. The molecule has 0 amide bonds. The van der Waals surface area contributed by atoms with Crippen molar-refractivity contribution in [3.63, 3.8) is 0 Å². The number of imidazole rings is 1. The molecule has 0 saturated carbocycles. The van der Waals surface area contributed by atoms with Gasteiger partial charge in [-0.25, -0.2) is 4.79 Å². The first kappa shape index (κ1) is 21.2. The summed E-state index contributed by atoms with van der Waals surface area (Å²) < 4.78 is 8.37. The Morgan fingerprint density at radius 2 is 1.78 bits per heavy atom. The molecule has 0 aliphatic heterocycles. The van der Waals surface area contributed by atoms with Gasteiger partial charge in [0.05, 0.1) is 0 Å². The van der Waals surface area contributed by atoms with Gasteiger partial charge in [0.25, 0.3) is 5.56 Å². The molecule has 8 nitrogen and oxygen atoms in total. The minimum Gasteiger partial charge on any atom is -0.385 e. The van der Waals surface area contributed by atoms with E-state index in [0.29, 0.717) is 36.8 Å². The fraction of sp³-hybridized carbons (Fsp3) is 0.737. The second kappa shape index (κ2) is 10.9. The lowest BCUT2D eigenvalue weighted by Crippen LogP contribution is -2.29. The predicted octanol–water partition coefficient (Wildman–Crippen LogP) is 2.62. The molecule has 2 rings (SSSR count). The first-order valence-electron chi connectivity index (χ1n) is 10.0. The van der Waals surface area contributed by atoms with Crippen molar-refractivity contribution in [2.24, 2.45) is 7.05 Å². The SMILES string of the molecule is CCCCCCCCCn1c(NCCCOC)nc2c1c(=O)[nH]c(=O)n2C. The van der Waals surface area contributed by atoms with Crippen LogP contribution in [0, 0.1) is 0 Å². The number of H-pyrrole nitrogens is 1. The third-order valence-electron chi connectivity index (χ3n) is 4.80. The van der Waals surface area contributed by atoms with Crippen molar-refractivity contribution in [1.29, 1.82) is 0 Å². The van der Waals surface area contributed by atoms with Crippen LogP contribution >= 0.6 is 0 Å². The van der Waals surface area contributed by atoms with Crippen molar-refractivity contribution >= 4 is 17.1 Å². The first-order chi connectivity index (χ1) is 13.1. The van der Waals surface area contributed by atoms with Gasteiger partial charge in [0, 0.05) is 33.9 Å². The van der Waals surface area contributed by atoms with Crippen LogP contribution < -0.4 is 16.6 Å². The van der Waals surface area contributed by atoms with Crippen LogP contribution in [0.25, 0.3) is 11.2 Å². The highest BCUT2D eigenvalue weighted by Gasteiger charge is 2.16. The van der Waals surface area contributed by atoms with E-state index in [2.05, 4.69) is 22.2 Å². The molecule has 0 fully saturated rings. The Hall–Kier alpha value is -2.09. The van der Waals surface area contributed by atoms with E-state index >= 15 is 0 Å². The highest BCUT2D eigenvalue weighted by Crippen LogP contribution is 2.17. The fourth-order valence-electron chi connectivity index (χ4n) is 3.23. The predicted molar refractivity (Wildman–Crippen MR) is 109 cm³/mol. The van der Waals surface area contributed by atoms with Gasteiger partial charge in [0.2, 0.25) is 5.95 Å². The summed E-state index contributed by atoms with van der Waals surface area (Å²) in [6, 6.07) is 0. The Balaban J connectivity index is 2.13. The van der Waals surface area contributed by atoms with Crippen LogP contribution in [0.1, 0.15) is 58.3 Å². The molecule has 0 bridgehead atoms. The van der Waals surface area contributed by atoms with E-state index in [-0.39, 0.29) is 5.56 Å². The first-order valence-corrected chi connectivity index (χ1v) is 10.0. The molecular weight excluding hydrogens is 346 g/mol.